The molecule has 2 aromatic rings. The molecule has 0 saturated heterocycles. The first-order valence-electron chi connectivity index (χ1n) is 8.41. The molecule has 1 heterocycles. The molecule has 2 aromatic carbocycles. The van der Waals surface area contributed by atoms with E-state index in [9.17, 15) is 9.59 Å². The summed E-state index contributed by atoms with van der Waals surface area (Å²) in [7, 11) is 1.72. The summed E-state index contributed by atoms with van der Waals surface area (Å²) in [5.74, 6) is 1.04. The third-order valence-electron chi connectivity index (χ3n) is 4.33. The monoisotopic (exact) mass is 417 g/mol. The van der Waals surface area contributed by atoms with Crippen LogP contribution >= 0.6 is 15.9 Å². The van der Waals surface area contributed by atoms with Crippen LogP contribution in [0.3, 0.4) is 0 Å². The van der Waals surface area contributed by atoms with Gasteiger partial charge in [0.1, 0.15) is 13.2 Å². The highest BCUT2D eigenvalue weighted by Gasteiger charge is 2.17. The Hall–Kier alpha value is -2.34. The Balaban J connectivity index is 1.61. The summed E-state index contributed by atoms with van der Waals surface area (Å²) < 4.78 is 12.0. The summed E-state index contributed by atoms with van der Waals surface area (Å²) in [6.07, 6.45) is 0.303. The molecule has 0 aliphatic carbocycles. The minimum atomic E-state index is -0.0994. The van der Waals surface area contributed by atoms with Crippen molar-refractivity contribution in [2.45, 2.75) is 19.8 Å². The number of amides is 1. The third-order valence-corrected chi connectivity index (χ3v) is 5.22. The molecule has 0 N–H and O–H groups in total. The first-order chi connectivity index (χ1) is 12.5. The summed E-state index contributed by atoms with van der Waals surface area (Å²) in [6, 6.07) is 10.8. The van der Waals surface area contributed by atoms with Crippen LogP contribution in [0.2, 0.25) is 0 Å². The van der Waals surface area contributed by atoms with E-state index < -0.39 is 0 Å². The van der Waals surface area contributed by atoms with Crippen molar-refractivity contribution in [2.75, 3.05) is 25.2 Å². The van der Waals surface area contributed by atoms with E-state index in [-0.39, 0.29) is 24.5 Å². The fraction of sp³-hybridized carbons (Fsp3) is 0.300. The van der Waals surface area contributed by atoms with E-state index in [1.807, 2.05) is 25.1 Å². The number of fused-ring (bicyclic) bond motifs is 1. The lowest BCUT2D eigenvalue weighted by Gasteiger charge is -2.19. The number of aryl methyl sites for hydroxylation is 1. The third kappa shape index (κ3) is 4.07. The molecule has 0 radical (unpaired) electrons. The van der Waals surface area contributed by atoms with Crippen LogP contribution in [0.5, 0.6) is 11.5 Å². The topological polar surface area (TPSA) is 55.8 Å². The van der Waals surface area contributed by atoms with Gasteiger partial charge < -0.3 is 14.4 Å². The number of anilines is 1. The van der Waals surface area contributed by atoms with Gasteiger partial charge in [0.25, 0.3) is 0 Å². The molecule has 1 aliphatic heterocycles. The number of carbonyl (C=O) groups is 2. The zero-order valence-corrected chi connectivity index (χ0v) is 16.3. The summed E-state index contributed by atoms with van der Waals surface area (Å²) >= 11 is 3.45. The molecule has 0 spiro atoms. The van der Waals surface area contributed by atoms with Crippen molar-refractivity contribution in [1.29, 1.82) is 0 Å². The predicted molar refractivity (Wildman–Crippen MR) is 103 cm³/mol. The molecule has 1 aliphatic rings. The molecule has 0 fully saturated rings. The van der Waals surface area contributed by atoms with Crippen LogP contribution in [0.15, 0.2) is 40.9 Å². The van der Waals surface area contributed by atoms with Gasteiger partial charge in [-0.25, -0.2) is 0 Å². The number of carbonyl (C=O) groups excluding carboxylic acids is 2. The number of nitrogens with zero attached hydrogens (tertiary/aromatic N) is 1. The van der Waals surface area contributed by atoms with E-state index in [1.165, 1.54) is 0 Å². The van der Waals surface area contributed by atoms with Gasteiger partial charge in [-0.1, -0.05) is 15.9 Å². The van der Waals surface area contributed by atoms with E-state index >= 15 is 0 Å². The van der Waals surface area contributed by atoms with Crippen LogP contribution in [-0.4, -0.2) is 32.0 Å². The molecule has 26 heavy (non-hydrogen) atoms. The second-order valence-corrected chi connectivity index (χ2v) is 7.02. The predicted octanol–water partition coefficient (Wildman–Crippen LogP) is 4.15. The fourth-order valence-electron chi connectivity index (χ4n) is 2.73. The summed E-state index contributed by atoms with van der Waals surface area (Å²) in [4.78, 5) is 26.4. The normalized spacial score (nSPS) is 12.6. The molecule has 0 unspecified atom stereocenters. The van der Waals surface area contributed by atoms with E-state index in [1.54, 1.807) is 30.1 Å². The summed E-state index contributed by atoms with van der Waals surface area (Å²) in [5, 5.41) is 0. The Morgan fingerprint density at radius 3 is 2.50 bits per heavy atom. The van der Waals surface area contributed by atoms with E-state index in [4.69, 9.17) is 9.47 Å². The number of halogens is 1. The smallest absolute Gasteiger partial charge is 0.227 e. The average molecular weight is 418 g/mol. The lowest BCUT2D eigenvalue weighted by Crippen LogP contribution is -2.26. The Morgan fingerprint density at radius 1 is 1.04 bits per heavy atom. The van der Waals surface area contributed by atoms with Gasteiger partial charge >= 0.3 is 0 Å². The number of hydrogen-bond donors (Lipinski definition) is 0. The highest BCUT2D eigenvalue weighted by atomic mass is 79.9. The summed E-state index contributed by atoms with van der Waals surface area (Å²) in [6.45, 7) is 2.95. The van der Waals surface area contributed by atoms with Crippen molar-refractivity contribution in [3.8, 4) is 11.5 Å². The quantitative estimate of drug-likeness (QED) is 0.685. The van der Waals surface area contributed by atoms with Crippen molar-refractivity contribution in [3.63, 3.8) is 0 Å². The van der Waals surface area contributed by atoms with Crippen LogP contribution in [0.4, 0.5) is 5.69 Å². The molecule has 1 amide bonds. The molecule has 136 valence electrons. The van der Waals surface area contributed by atoms with Gasteiger partial charge in [0.2, 0.25) is 5.91 Å². The van der Waals surface area contributed by atoms with E-state index in [0.717, 1.165) is 15.7 Å². The highest BCUT2D eigenvalue weighted by molar-refractivity contribution is 9.10. The first kappa shape index (κ1) is 18.5. The molecule has 0 atom stereocenters. The van der Waals surface area contributed by atoms with Gasteiger partial charge in [-0.3, -0.25) is 9.59 Å². The molecule has 0 saturated carbocycles. The van der Waals surface area contributed by atoms with Crippen LogP contribution in [0, 0.1) is 6.92 Å². The maximum atomic E-state index is 12.4. The molecular weight excluding hydrogens is 398 g/mol. The van der Waals surface area contributed by atoms with Gasteiger partial charge in [0.15, 0.2) is 17.3 Å². The largest absolute Gasteiger partial charge is 0.486 e. The zero-order chi connectivity index (χ0) is 18.7. The van der Waals surface area contributed by atoms with Gasteiger partial charge in [0.05, 0.1) is 0 Å². The average Bonchev–Trinajstić information content (AvgIpc) is 2.67. The molecule has 3 rings (SSSR count). The zero-order valence-electron chi connectivity index (χ0n) is 14.8. The fourth-order valence-corrected chi connectivity index (χ4v) is 2.98. The van der Waals surface area contributed by atoms with Crippen LogP contribution in [0.1, 0.15) is 28.8 Å². The van der Waals surface area contributed by atoms with Gasteiger partial charge in [0, 0.05) is 35.6 Å². The van der Waals surface area contributed by atoms with Crippen molar-refractivity contribution < 1.29 is 19.1 Å². The van der Waals surface area contributed by atoms with Gasteiger partial charge in [-0.05, 0) is 48.9 Å². The van der Waals surface area contributed by atoms with Crippen molar-refractivity contribution >= 4 is 33.3 Å². The Bertz CT molecular complexity index is 850. The maximum absolute atomic E-state index is 12.4. The SMILES string of the molecule is Cc1cc(N(C)C(=O)CCC(=O)c2ccc3c(c2)OCCO3)ccc1Br. The molecule has 6 heteroatoms. The Morgan fingerprint density at radius 2 is 1.77 bits per heavy atom. The number of rotatable bonds is 5. The van der Waals surface area contributed by atoms with Crippen molar-refractivity contribution in [1.82, 2.24) is 0 Å². The van der Waals surface area contributed by atoms with Crippen LogP contribution in [0.25, 0.3) is 0 Å². The highest BCUT2D eigenvalue weighted by Crippen LogP contribution is 2.31. The number of Topliss-reactive ketones (excluding diaryl/α,β-unsaturated/α-hetero) is 1. The van der Waals surface area contributed by atoms with Crippen LogP contribution < -0.4 is 14.4 Å². The first-order valence-corrected chi connectivity index (χ1v) is 9.20. The van der Waals surface area contributed by atoms with Crippen molar-refractivity contribution in [2.24, 2.45) is 0 Å². The minimum absolute atomic E-state index is 0.0873. The number of ketones is 1. The number of hydrogen-bond acceptors (Lipinski definition) is 4. The second-order valence-electron chi connectivity index (χ2n) is 6.17. The summed E-state index contributed by atoms with van der Waals surface area (Å²) in [5.41, 5.74) is 2.39. The number of benzene rings is 2. The Kier molecular flexibility index (Phi) is 5.61. The standard InChI is InChI=1S/C20H20BrNO4/c1-13-11-15(4-5-16(13)21)22(2)20(24)8-6-17(23)14-3-7-18-19(12-14)26-10-9-25-18/h3-5,7,11-12H,6,8-10H2,1-2H3. The molecule has 0 bridgehead atoms. The molecule has 0 aromatic heterocycles. The van der Waals surface area contributed by atoms with Gasteiger partial charge in [-0.2, -0.15) is 0 Å². The van der Waals surface area contributed by atoms with Gasteiger partial charge in [-0.15, -0.1) is 0 Å². The maximum Gasteiger partial charge on any atom is 0.227 e. The van der Waals surface area contributed by atoms with Crippen molar-refractivity contribution in [3.05, 3.63) is 52.0 Å². The molecular formula is C20H20BrNO4. The van der Waals surface area contributed by atoms with Crippen LogP contribution in [-0.2, 0) is 4.79 Å². The van der Waals surface area contributed by atoms with E-state index in [0.29, 0.717) is 30.3 Å². The number of ether oxygens (including phenoxy) is 2. The lowest BCUT2D eigenvalue weighted by atomic mass is 10.1. The lowest BCUT2D eigenvalue weighted by molar-refractivity contribution is -0.118. The minimum Gasteiger partial charge on any atom is -0.486 e. The second kappa shape index (κ2) is 7.91. The molecule has 5 nitrogen and oxygen atoms in total. The Labute approximate surface area is 161 Å². The van der Waals surface area contributed by atoms with E-state index in [2.05, 4.69) is 15.9 Å².